The van der Waals surface area contributed by atoms with Crippen molar-refractivity contribution in [1.82, 2.24) is 0 Å². The molecule has 0 bridgehead atoms. The number of halogens is 1. The lowest BCUT2D eigenvalue weighted by atomic mass is 9.99. The third kappa shape index (κ3) is 4.21. The highest BCUT2D eigenvalue weighted by Crippen LogP contribution is 2.13. The van der Waals surface area contributed by atoms with Crippen LogP contribution in [0.25, 0.3) is 0 Å². The highest BCUT2D eigenvalue weighted by atomic mass is 35.5. The van der Waals surface area contributed by atoms with Gasteiger partial charge < -0.3 is 10.8 Å². The normalized spacial score (nSPS) is 11.7. The predicted octanol–water partition coefficient (Wildman–Crippen LogP) is 2.07. The molecule has 3 N–H and O–H groups in total. The molecule has 0 saturated heterocycles. The van der Waals surface area contributed by atoms with Crippen molar-refractivity contribution < 1.29 is 9.90 Å². The van der Waals surface area contributed by atoms with E-state index in [9.17, 15) is 4.79 Å². The van der Waals surface area contributed by atoms with Gasteiger partial charge >= 0.3 is 5.97 Å². The van der Waals surface area contributed by atoms with Crippen molar-refractivity contribution in [3.8, 4) is 0 Å². The van der Waals surface area contributed by atoms with Crippen molar-refractivity contribution in [3.05, 3.63) is 34.9 Å². The molecule has 0 amide bonds. The van der Waals surface area contributed by atoms with Gasteiger partial charge in [-0.25, -0.2) is 0 Å². The molecule has 0 unspecified atom stereocenters. The molecule has 0 aliphatic carbocycles. The predicted molar refractivity (Wildman–Crippen MR) is 67.1 cm³/mol. The van der Waals surface area contributed by atoms with E-state index in [1.165, 1.54) is 16.7 Å². The van der Waals surface area contributed by atoms with Gasteiger partial charge in [0, 0.05) is 0 Å². The summed E-state index contributed by atoms with van der Waals surface area (Å²) in [4.78, 5) is 10.5. The standard InChI is InChI=1S/C12H17NO2.ClH/c1-8-3-4-10(9(2)7-8)5-6-11(13)12(14)15;/h3-4,7,11H,5-6,13H2,1-2H3,(H,14,15);1H/t11-;/m1./s1. The highest BCUT2D eigenvalue weighted by Gasteiger charge is 2.11. The summed E-state index contributed by atoms with van der Waals surface area (Å²) in [6.45, 7) is 4.08. The van der Waals surface area contributed by atoms with Gasteiger partial charge in [-0.1, -0.05) is 23.8 Å². The van der Waals surface area contributed by atoms with Crippen LogP contribution in [0.5, 0.6) is 0 Å². The smallest absolute Gasteiger partial charge is 0.320 e. The maximum Gasteiger partial charge on any atom is 0.320 e. The second-order valence-corrected chi connectivity index (χ2v) is 3.91. The SMILES string of the molecule is Cc1ccc(CC[C@@H](N)C(=O)O)c(C)c1.Cl. The van der Waals surface area contributed by atoms with E-state index >= 15 is 0 Å². The lowest BCUT2D eigenvalue weighted by Crippen LogP contribution is -2.30. The van der Waals surface area contributed by atoms with E-state index in [0.717, 1.165) is 6.42 Å². The fourth-order valence-electron chi connectivity index (χ4n) is 1.56. The van der Waals surface area contributed by atoms with Crippen molar-refractivity contribution >= 4 is 18.4 Å². The number of carboxylic acids is 1. The molecule has 16 heavy (non-hydrogen) atoms. The van der Waals surface area contributed by atoms with Crippen LogP contribution < -0.4 is 5.73 Å². The zero-order chi connectivity index (χ0) is 11.4. The first-order chi connectivity index (χ1) is 7.00. The van der Waals surface area contributed by atoms with Gasteiger partial charge in [0.2, 0.25) is 0 Å². The van der Waals surface area contributed by atoms with Gasteiger partial charge in [-0.15, -0.1) is 12.4 Å². The Kier molecular flexibility index (Phi) is 6.08. The maximum atomic E-state index is 10.5. The summed E-state index contributed by atoms with van der Waals surface area (Å²) in [5.74, 6) is -0.931. The van der Waals surface area contributed by atoms with E-state index in [4.69, 9.17) is 10.8 Å². The third-order valence-corrected chi connectivity index (χ3v) is 2.54. The average molecular weight is 244 g/mol. The van der Waals surface area contributed by atoms with Crippen LogP contribution in [0.3, 0.4) is 0 Å². The lowest BCUT2D eigenvalue weighted by molar-refractivity contribution is -0.138. The summed E-state index contributed by atoms with van der Waals surface area (Å²) in [5.41, 5.74) is 9.05. The molecular weight excluding hydrogens is 226 g/mol. The molecule has 1 rings (SSSR count). The number of hydrogen-bond donors (Lipinski definition) is 2. The van der Waals surface area contributed by atoms with E-state index in [-0.39, 0.29) is 12.4 Å². The first-order valence-corrected chi connectivity index (χ1v) is 5.05. The van der Waals surface area contributed by atoms with Crippen LogP contribution in [0, 0.1) is 13.8 Å². The number of nitrogens with two attached hydrogens (primary N) is 1. The number of aryl methyl sites for hydroxylation is 3. The molecule has 0 radical (unpaired) electrons. The molecule has 90 valence electrons. The Bertz CT molecular complexity index is 366. The molecule has 3 nitrogen and oxygen atoms in total. The molecule has 0 fully saturated rings. The fraction of sp³-hybridized carbons (Fsp3) is 0.417. The number of carbonyl (C=O) groups is 1. The molecule has 4 heteroatoms. The zero-order valence-electron chi connectivity index (χ0n) is 9.56. The van der Waals surface area contributed by atoms with Gasteiger partial charge in [-0.05, 0) is 37.8 Å². The van der Waals surface area contributed by atoms with Crippen LogP contribution in [-0.2, 0) is 11.2 Å². The number of rotatable bonds is 4. The summed E-state index contributed by atoms with van der Waals surface area (Å²) in [6, 6.07) is 5.42. The molecular formula is C12H18ClNO2. The zero-order valence-corrected chi connectivity index (χ0v) is 10.4. The first-order valence-electron chi connectivity index (χ1n) is 5.05. The van der Waals surface area contributed by atoms with E-state index in [1.54, 1.807) is 0 Å². The molecule has 0 saturated carbocycles. The summed E-state index contributed by atoms with van der Waals surface area (Å²) >= 11 is 0. The largest absolute Gasteiger partial charge is 0.480 e. The van der Waals surface area contributed by atoms with Crippen LogP contribution in [0.15, 0.2) is 18.2 Å². The minimum atomic E-state index is -0.931. The van der Waals surface area contributed by atoms with Crippen LogP contribution >= 0.6 is 12.4 Å². The Morgan fingerprint density at radius 1 is 1.44 bits per heavy atom. The summed E-state index contributed by atoms with van der Waals surface area (Å²) in [6.07, 6.45) is 1.21. The lowest BCUT2D eigenvalue weighted by Gasteiger charge is -2.09. The van der Waals surface area contributed by atoms with E-state index in [2.05, 4.69) is 6.07 Å². The number of hydrogen-bond acceptors (Lipinski definition) is 2. The first kappa shape index (κ1) is 14.9. The molecule has 1 aromatic rings. The molecule has 0 aromatic heterocycles. The molecule has 1 aromatic carbocycles. The Morgan fingerprint density at radius 2 is 2.06 bits per heavy atom. The second kappa shape index (κ2) is 6.51. The van der Waals surface area contributed by atoms with E-state index < -0.39 is 12.0 Å². The number of benzene rings is 1. The Labute approximate surface area is 102 Å². The summed E-state index contributed by atoms with van der Waals surface area (Å²) in [7, 11) is 0. The van der Waals surface area contributed by atoms with Gasteiger partial charge in [-0.3, -0.25) is 4.79 Å². The van der Waals surface area contributed by atoms with Crippen molar-refractivity contribution in [2.24, 2.45) is 5.73 Å². The van der Waals surface area contributed by atoms with Gasteiger partial charge in [0.15, 0.2) is 0 Å². The van der Waals surface area contributed by atoms with Gasteiger partial charge in [0.05, 0.1) is 0 Å². The fourth-order valence-corrected chi connectivity index (χ4v) is 1.56. The summed E-state index contributed by atoms with van der Waals surface area (Å²) in [5, 5.41) is 8.65. The van der Waals surface area contributed by atoms with Crippen molar-refractivity contribution in [1.29, 1.82) is 0 Å². The highest BCUT2D eigenvalue weighted by molar-refractivity contribution is 5.85. The Balaban J connectivity index is 0.00000225. The monoisotopic (exact) mass is 243 g/mol. The molecule has 0 heterocycles. The van der Waals surface area contributed by atoms with Gasteiger partial charge in [-0.2, -0.15) is 0 Å². The maximum absolute atomic E-state index is 10.5. The van der Waals surface area contributed by atoms with Crippen molar-refractivity contribution in [3.63, 3.8) is 0 Å². The van der Waals surface area contributed by atoms with Gasteiger partial charge in [0.1, 0.15) is 6.04 Å². The number of carboxylic acid groups (broad SMARTS) is 1. The second-order valence-electron chi connectivity index (χ2n) is 3.91. The third-order valence-electron chi connectivity index (χ3n) is 2.54. The molecule has 0 aliphatic rings. The van der Waals surface area contributed by atoms with Gasteiger partial charge in [0.25, 0.3) is 0 Å². The van der Waals surface area contributed by atoms with Crippen LogP contribution in [0.4, 0.5) is 0 Å². The van der Waals surface area contributed by atoms with Crippen LogP contribution in [-0.4, -0.2) is 17.1 Å². The van der Waals surface area contributed by atoms with E-state index in [0.29, 0.717) is 6.42 Å². The van der Waals surface area contributed by atoms with E-state index in [1.807, 2.05) is 26.0 Å². The minimum Gasteiger partial charge on any atom is -0.480 e. The summed E-state index contributed by atoms with van der Waals surface area (Å²) < 4.78 is 0. The minimum absolute atomic E-state index is 0. The van der Waals surface area contributed by atoms with Crippen molar-refractivity contribution in [2.45, 2.75) is 32.7 Å². The number of aliphatic carboxylic acids is 1. The Morgan fingerprint density at radius 3 is 2.56 bits per heavy atom. The molecule has 0 spiro atoms. The van der Waals surface area contributed by atoms with Crippen molar-refractivity contribution in [2.75, 3.05) is 0 Å². The topological polar surface area (TPSA) is 63.3 Å². The quantitative estimate of drug-likeness (QED) is 0.851. The molecule has 1 atom stereocenters. The molecule has 0 aliphatic heterocycles. The Hall–Kier alpha value is -1.06. The van der Waals surface area contributed by atoms with Crippen LogP contribution in [0.1, 0.15) is 23.1 Å². The van der Waals surface area contributed by atoms with Crippen LogP contribution in [0.2, 0.25) is 0 Å². The average Bonchev–Trinajstić information content (AvgIpc) is 2.15.